The Balaban J connectivity index is 2.70. The summed E-state index contributed by atoms with van der Waals surface area (Å²) in [7, 11) is 1.67. The van der Waals surface area contributed by atoms with Crippen LogP contribution in [0.1, 0.15) is 31.3 Å². The Bertz CT molecular complexity index is 348. The molecule has 0 bridgehead atoms. The van der Waals surface area contributed by atoms with E-state index in [0.29, 0.717) is 10.3 Å². The van der Waals surface area contributed by atoms with Crippen LogP contribution in [0.2, 0.25) is 0 Å². The quantitative estimate of drug-likeness (QED) is 0.786. The van der Waals surface area contributed by atoms with Gasteiger partial charge in [-0.15, -0.1) is 5.10 Å². The van der Waals surface area contributed by atoms with Gasteiger partial charge in [0, 0.05) is 7.05 Å². The summed E-state index contributed by atoms with van der Waals surface area (Å²) in [4.78, 5) is 11.7. The molecule has 1 aromatic rings. The zero-order valence-electron chi connectivity index (χ0n) is 9.24. The molecule has 0 aliphatic carbocycles. The smallest absolute Gasteiger partial charge is 0.209 e. The molecule has 15 heavy (non-hydrogen) atoms. The third-order valence-corrected chi connectivity index (χ3v) is 2.22. The SMILES string of the molecule is Cn1nnc(Br)c1C(=O)COC(C)(C)C. The Morgan fingerprint density at radius 1 is 1.53 bits per heavy atom. The van der Waals surface area contributed by atoms with E-state index in [1.807, 2.05) is 20.8 Å². The second-order valence-electron chi connectivity index (χ2n) is 4.18. The predicted molar refractivity (Wildman–Crippen MR) is 58.7 cm³/mol. The lowest BCUT2D eigenvalue weighted by atomic mass is 10.2. The van der Waals surface area contributed by atoms with Gasteiger partial charge >= 0.3 is 0 Å². The van der Waals surface area contributed by atoms with Crippen LogP contribution in [0.25, 0.3) is 0 Å². The number of hydrogen-bond donors (Lipinski definition) is 0. The minimum atomic E-state index is -0.325. The average molecular weight is 276 g/mol. The van der Waals surface area contributed by atoms with Crippen LogP contribution in [-0.2, 0) is 11.8 Å². The normalized spacial score (nSPS) is 11.8. The van der Waals surface area contributed by atoms with Crippen molar-refractivity contribution in [3.05, 3.63) is 10.3 Å². The highest BCUT2D eigenvalue weighted by atomic mass is 79.9. The second kappa shape index (κ2) is 4.40. The highest BCUT2D eigenvalue weighted by Gasteiger charge is 2.19. The maximum absolute atomic E-state index is 11.7. The Labute approximate surface area is 96.9 Å². The minimum absolute atomic E-state index is 0.0311. The summed E-state index contributed by atoms with van der Waals surface area (Å²) in [5, 5.41) is 7.46. The largest absolute Gasteiger partial charge is 0.368 e. The fourth-order valence-corrected chi connectivity index (χ4v) is 1.53. The molecule has 1 aromatic heterocycles. The van der Waals surface area contributed by atoms with E-state index in [-0.39, 0.29) is 18.0 Å². The fraction of sp³-hybridized carbons (Fsp3) is 0.667. The summed E-state index contributed by atoms with van der Waals surface area (Å²) in [6.07, 6.45) is 0. The Hall–Kier alpha value is -0.750. The monoisotopic (exact) mass is 275 g/mol. The molecule has 84 valence electrons. The molecule has 0 aromatic carbocycles. The van der Waals surface area contributed by atoms with Gasteiger partial charge in [0.15, 0.2) is 4.60 Å². The number of Topliss-reactive ketones (excluding diaryl/α,β-unsaturated/α-hetero) is 1. The summed E-state index contributed by atoms with van der Waals surface area (Å²) in [6, 6.07) is 0. The third kappa shape index (κ3) is 3.39. The van der Waals surface area contributed by atoms with Crippen LogP contribution < -0.4 is 0 Å². The van der Waals surface area contributed by atoms with Crippen LogP contribution >= 0.6 is 15.9 Å². The molecule has 0 aliphatic heterocycles. The molecule has 1 rings (SSSR count). The number of halogens is 1. The lowest BCUT2D eigenvalue weighted by Gasteiger charge is -2.18. The third-order valence-electron chi connectivity index (χ3n) is 1.69. The molecule has 0 fully saturated rings. The molecule has 0 amide bonds. The first-order valence-electron chi connectivity index (χ1n) is 4.53. The minimum Gasteiger partial charge on any atom is -0.368 e. The van der Waals surface area contributed by atoms with E-state index < -0.39 is 0 Å². The first-order chi connectivity index (χ1) is 6.81. The van der Waals surface area contributed by atoms with Crippen LogP contribution in [0.3, 0.4) is 0 Å². The van der Waals surface area contributed by atoms with Crippen LogP contribution in [0.5, 0.6) is 0 Å². The maximum atomic E-state index is 11.7. The van der Waals surface area contributed by atoms with Gasteiger partial charge in [0.25, 0.3) is 0 Å². The van der Waals surface area contributed by atoms with E-state index in [1.54, 1.807) is 7.05 Å². The first-order valence-corrected chi connectivity index (χ1v) is 5.33. The van der Waals surface area contributed by atoms with Crippen LogP contribution in [-0.4, -0.2) is 33.0 Å². The topological polar surface area (TPSA) is 57.0 Å². The van der Waals surface area contributed by atoms with E-state index in [9.17, 15) is 4.79 Å². The molecule has 0 spiro atoms. The number of ketones is 1. The van der Waals surface area contributed by atoms with Crippen molar-refractivity contribution >= 4 is 21.7 Å². The van der Waals surface area contributed by atoms with E-state index >= 15 is 0 Å². The molecule has 0 N–H and O–H groups in total. The number of carbonyl (C=O) groups excluding carboxylic acids is 1. The fourth-order valence-electron chi connectivity index (χ4n) is 0.978. The molecule has 0 atom stereocenters. The summed E-state index contributed by atoms with van der Waals surface area (Å²) >= 11 is 3.17. The second-order valence-corrected chi connectivity index (χ2v) is 4.93. The van der Waals surface area contributed by atoms with Crippen molar-refractivity contribution < 1.29 is 9.53 Å². The number of aryl methyl sites for hydroxylation is 1. The molecular weight excluding hydrogens is 262 g/mol. The van der Waals surface area contributed by atoms with E-state index in [2.05, 4.69) is 26.2 Å². The van der Waals surface area contributed by atoms with Gasteiger partial charge in [-0.1, -0.05) is 5.21 Å². The van der Waals surface area contributed by atoms with Gasteiger partial charge in [-0.2, -0.15) is 0 Å². The van der Waals surface area contributed by atoms with Gasteiger partial charge < -0.3 is 4.74 Å². The molecule has 5 nitrogen and oxygen atoms in total. The summed E-state index contributed by atoms with van der Waals surface area (Å²) in [5.41, 5.74) is 0.105. The van der Waals surface area contributed by atoms with Crippen molar-refractivity contribution in [1.82, 2.24) is 15.0 Å². The van der Waals surface area contributed by atoms with Gasteiger partial charge in [-0.05, 0) is 36.7 Å². The maximum Gasteiger partial charge on any atom is 0.209 e. The number of ether oxygens (including phenoxy) is 1. The molecule has 0 saturated heterocycles. The van der Waals surface area contributed by atoms with E-state index in [0.717, 1.165) is 0 Å². The zero-order chi connectivity index (χ0) is 11.6. The van der Waals surface area contributed by atoms with Gasteiger partial charge in [0.05, 0.1) is 5.60 Å². The average Bonchev–Trinajstić information content (AvgIpc) is 2.41. The van der Waals surface area contributed by atoms with Crippen molar-refractivity contribution in [2.24, 2.45) is 7.05 Å². The van der Waals surface area contributed by atoms with Gasteiger partial charge in [-0.3, -0.25) is 4.79 Å². The highest BCUT2D eigenvalue weighted by Crippen LogP contribution is 2.14. The van der Waals surface area contributed by atoms with Crippen LogP contribution in [0.4, 0.5) is 0 Å². The predicted octanol–water partition coefficient (Wildman–Crippen LogP) is 1.58. The highest BCUT2D eigenvalue weighted by molar-refractivity contribution is 9.10. The molecule has 0 saturated carbocycles. The van der Waals surface area contributed by atoms with Crippen LogP contribution in [0, 0.1) is 0 Å². The van der Waals surface area contributed by atoms with Crippen molar-refractivity contribution in [1.29, 1.82) is 0 Å². The summed E-state index contributed by atoms with van der Waals surface area (Å²) in [5.74, 6) is -0.135. The summed E-state index contributed by atoms with van der Waals surface area (Å²) in [6.45, 7) is 5.73. The van der Waals surface area contributed by atoms with Crippen molar-refractivity contribution in [3.8, 4) is 0 Å². The molecule has 1 heterocycles. The number of nitrogens with zero attached hydrogens (tertiary/aromatic N) is 3. The zero-order valence-corrected chi connectivity index (χ0v) is 10.8. The number of carbonyl (C=O) groups is 1. The van der Waals surface area contributed by atoms with Gasteiger partial charge in [-0.25, -0.2) is 4.68 Å². The van der Waals surface area contributed by atoms with Gasteiger partial charge in [0.1, 0.15) is 12.3 Å². The van der Waals surface area contributed by atoms with Crippen LogP contribution in [0.15, 0.2) is 4.60 Å². The summed E-state index contributed by atoms with van der Waals surface area (Å²) < 4.78 is 7.27. The van der Waals surface area contributed by atoms with Crippen molar-refractivity contribution in [3.63, 3.8) is 0 Å². The molecular formula is C9H14BrN3O2. The lowest BCUT2D eigenvalue weighted by molar-refractivity contribution is 0.00265. The molecule has 6 heteroatoms. The number of aromatic nitrogens is 3. The van der Waals surface area contributed by atoms with Crippen molar-refractivity contribution in [2.75, 3.05) is 6.61 Å². The Morgan fingerprint density at radius 2 is 2.13 bits per heavy atom. The number of rotatable bonds is 3. The standard InChI is InChI=1S/C9H14BrN3O2/c1-9(2,3)15-5-6(14)7-8(10)11-12-13(7)4/h5H2,1-4H3. The van der Waals surface area contributed by atoms with Gasteiger partial charge in [0.2, 0.25) is 5.78 Å². The molecule has 0 unspecified atom stereocenters. The molecule has 0 aliphatic rings. The molecule has 0 radical (unpaired) electrons. The van der Waals surface area contributed by atoms with Crippen molar-refractivity contribution in [2.45, 2.75) is 26.4 Å². The lowest BCUT2D eigenvalue weighted by Crippen LogP contribution is -2.24. The Morgan fingerprint density at radius 3 is 2.53 bits per heavy atom. The first kappa shape index (κ1) is 12.3. The Kier molecular flexibility index (Phi) is 3.62. The van der Waals surface area contributed by atoms with E-state index in [4.69, 9.17) is 4.74 Å². The van der Waals surface area contributed by atoms with E-state index in [1.165, 1.54) is 4.68 Å². The number of hydrogen-bond acceptors (Lipinski definition) is 4.